The minimum atomic E-state index is -3.33. The van der Waals surface area contributed by atoms with Crippen LogP contribution in [0.2, 0.25) is 5.02 Å². The van der Waals surface area contributed by atoms with Crippen LogP contribution in [0, 0.1) is 11.3 Å². The maximum Gasteiger partial charge on any atom is 0.220 e. The number of nitrogens with one attached hydrogen (secondary N) is 2. The Hall–Kier alpha value is -0.420. The predicted octanol–water partition coefficient (Wildman–Crippen LogP) is 4.74. The van der Waals surface area contributed by atoms with Gasteiger partial charge in [-0.25, -0.2) is 13.1 Å². The zero-order valence-electron chi connectivity index (χ0n) is 20.5. The van der Waals surface area contributed by atoms with Gasteiger partial charge in [-0.1, -0.05) is 61.0 Å². The summed E-state index contributed by atoms with van der Waals surface area (Å²) in [5, 5.41) is 3.28. The highest BCUT2D eigenvalue weighted by atomic mass is 127. The van der Waals surface area contributed by atoms with Crippen LogP contribution >= 0.6 is 34.2 Å². The van der Waals surface area contributed by atoms with Crippen molar-refractivity contribution in [3.63, 3.8) is 0 Å². The average molecular weight is 612 g/mol. The van der Waals surface area contributed by atoms with Crippen molar-refractivity contribution in [2.24, 2.45) is 11.3 Å². The molecule has 1 amide bonds. The van der Waals surface area contributed by atoms with Gasteiger partial charge in [-0.3, -0.25) is 4.79 Å². The lowest BCUT2D eigenvalue weighted by Crippen LogP contribution is -2.53. The van der Waals surface area contributed by atoms with E-state index in [1.54, 1.807) is 13.8 Å². The lowest BCUT2D eigenvalue weighted by Gasteiger charge is -2.39. The molecule has 1 fully saturated rings. The van der Waals surface area contributed by atoms with E-state index < -0.39 is 15.3 Å². The normalized spacial score (nSPS) is 17.3. The maximum absolute atomic E-state index is 12.5. The summed E-state index contributed by atoms with van der Waals surface area (Å²) in [4.78, 5) is 14.8. The van der Waals surface area contributed by atoms with Crippen molar-refractivity contribution in [1.82, 2.24) is 14.9 Å². The lowest BCUT2D eigenvalue weighted by molar-refractivity contribution is -0.122. The maximum atomic E-state index is 12.5. The van der Waals surface area contributed by atoms with Crippen LogP contribution in [-0.2, 0) is 25.8 Å². The third-order valence-electron chi connectivity index (χ3n) is 6.26. The number of hydrogen-bond donors (Lipinski definition) is 2. The number of likely N-dealkylation sites (tertiary alicyclic amines) is 1. The molecule has 2 rings (SSSR count). The number of carbonyl (C=O) groups is 1. The highest BCUT2D eigenvalue weighted by Gasteiger charge is 2.33. The van der Waals surface area contributed by atoms with Gasteiger partial charge in [0.15, 0.2) is 0 Å². The molecule has 1 saturated heterocycles. The first-order valence-corrected chi connectivity index (χ1v) is 15.1. The quantitative estimate of drug-likeness (QED) is 0.296. The fourth-order valence-electron chi connectivity index (χ4n) is 3.89. The minimum absolute atomic E-state index is 0.0710. The summed E-state index contributed by atoms with van der Waals surface area (Å²) in [7, 11) is -3.33. The Bertz CT molecular complexity index is 895. The molecule has 0 radical (unpaired) electrons. The number of rotatable bonds is 10. The Morgan fingerprint density at radius 1 is 1.18 bits per heavy atom. The van der Waals surface area contributed by atoms with Crippen molar-refractivity contribution in [3.05, 3.63) is 34.3 Å². The highest BCUT2D eigenvalue weighted by molar-refractivity contribution is 14.1. The molecule has 1 aliphatic rings. The Balaban J connectivity index is 1.82. The Labute approximate surface area is 218 Å². The van der Waals surface area contributed by atoms with Gasteiger partial charge in [-0.15, -0.1) is 0 Å². The molecule has 1 heterocycles. The molecule has 1 unspecified atom stereocenters. The second-order valence-electron chi connectivity index (χ2n) is 10.5. The van der Waals surface area contributed by atoms with Gasteiger partial charge in [-0.2, -0.15) is 0 Å². The standard InChI is InChI=1S/C24H39ClIN3O3S/c1-17(2)33(31,32)28-22(24(3,4)5)16-29-8-6-18(7-9-29)13-23(30)27-15-20-10-19(14-26)11-21(25)12-20/h10-12,17-18,22,28H,6-9,13-16H2,1-5H3,(H,27,30). The lowest BCUT2D eigenvalue weighted by atomic mass is 9.86. The van der Waals surface area contributed by atoms with Crippen molar-refractivity contribution >= 4 is 50.1 Å². The molecule has 1 atom stereocenters. The molecule has 0 aliphatic carbocycles. The highest BCUT2D eigenvalue weighted by Crippen LogP contribution is 2.25. The van der Waals surface area contributed by atoms with Crippen molar-refractivity contribution in [2.45, 2.75) is 76.1 Å². The number of carbonyl (C=O) groups excluding carboxylic acids is 1. The molecule has 0 saturated carbocycles. The van der Waals surface area contributed by atoms with E-state index in [-0.39, 0.29) is 17.4 Å². The fraction of sp³-hybridized carbons (Fsp3) is 0.708. The molecule has 1 aromatic carbocycles. The molecule has 1 aliphatic heterocycles. The number of sulfonamides is 1. The smallest absolute Gasteiger partial charge is 0.220 e. The first kappa shape index (κ1) is 28.8. The summed E-state index contributed by atoms with van der Waals surface area (Å²) in [5.74, 6) is 0.424. The summed E-state index contributed by atoms with van der Waals surface area (Å²) < 4.78 is 28.7. The zero-order valence-corrected chi connectivity index (χ0v) is 24.2. The van der Waals surface area contributed by atoms with Gasteiger partial charge in [0.05, 0.1) is 5.25 Å². The Kier molecular flexibility index (Phi) is 10.9. The van der Waals surface area contributed by atoms with E-state index in [1.165, 1.54) is 0 Å². The van der Waals surface area contributed by atoms with E-state index in [4.69, 9.17) is 11.6 Å². The largest absolute Gasteiger partial charge is 0.352 e. The molecular formula is C24H39ClIN3O3S. The molecule has 0 aromatic heterocycles. The molecule has 0 bridgehead atoms. The first-order valence-electron chi connectivity index (χ1n) is 11.6. The van der Waals surface area contributed by atoms with Crippen LogP contribution in [0.1, 0.15) is 65.0 Å². The van der Waals surface area contributed by atoms with Crippen LogP contribution in [0.3, 0.4) is 0 Å². The molecule has 9 heteroatoms. The number of nitrogens with zero attached hydrogens (tertiary/aromatic N) is 1. The molecule has 2 N–H and O–H groups in total. The van der Waals surface area contributed by atoms with E-state index in [0.29, 0.717) is 30.5 Å². The monoisotopic (exact) mass is 611 g/mol. The predicted molar refractivity (Wildman–Crippen MR) is 145 cm³/mol. The molecular weight excluding hydrogens is 573 g/mol. The number of alkyl halides is 1. The summed E-state index contributed by atoms with van der Waals surface area (Å²) in [6, 6.07) is 5.77. The van der Waals surface area contributed by atoms with Crippen molar-refractivity contribution in [2.75, 3.05) is 19.6 Å². The van der Waals surface area contributed by atoms with Crippen LogP contribution < -0.4 is 10.0 Å². The minimum Gasteiger partial charge on any atom is -0.352 e. The van der Waals surface area contributed by atoms with Gasteiger partial charge >= 0.3 is 0 Å². The van der Waals surface area contributed by atoms with Gasteiger partial charge < -0.3 is 10.2 Å². The third-order valence-corrected chi connectivity index (χ3v) is 9.21. The average Bonchev–Trinajstić information content (AvgIpc) is 2.71. The van der Waals surface area contributed by atoms with Crippen LogP contribution in [0.4, 0.5) is 0 Å². The van der Waals surface area contributed by atoms with Crippen LogP contribution in [0.25, 0.3) is 0 Å². The summed E-state index contributed by atoms with van der Waals surface area (Å²) in [5.41, 5.74) is 1.99. The van der Waals surface area contributed by atoms with E-state index in [9.17, 15) is 13.2 Å². The Morgan fingerprint density at radius 2 is 1.79 bits per heavy atom. The molecule has 0 spiro atoms. The second-order valence-corrected chi connectivity index (χ2v) is 13.9. The third kappa shape index (κ3) is 9.63. The topological polar surface area (TPSA) is 78.5 Å². The molecule has 188 valence electrons. The van der Waals surface area contributed by atoms with Gasteiger partial charge in [0.2, 0.25) is 15.9 Å². The van der Waals surface area contributed by atoms with E-state index in [0.717, 1.165) is 41.5 Å². The van der Waals surface area contributed by atoms with Gasteiger partial charge in [0, 0.05) is 35.0 Å². The van der Waals surface area contributed by atoms with Crippen LogP contribution in [0.15, 0.2) is 18.2 Å². The van der Waals surface area contributed by atoms with Crippen LogP contribution in [-0.4, -0.2) is 50.2 Å². The summed E-state index contributed by atoms with van der Waals surface area (Å²) >= 11 is 8.47. The SMILES string of the molecule is CC(C)S(=O)(=O)NC(CN1CCC(CC(=O)NCc2cc(Cl)cc(CI)c2)CC1)C(C)(C)C. The number of piperidine rings is 1. The van der Waals surface area contributed by atoms with Crippen LogP contribution in [0.5, 0.6) is 0 Å². The van der Waals surface area contributed by atoms with Gasteiger partial charge in [0.1, 0.15) is 0 Å². The molecule has 6 nitrogen and oxygen atoms in total. The number of amides is 1. The summed E-state index contributed by atoms with van der Waals surface area (Å²) in [6.45, 7) is 12.5. The van der Waals surface area contributed by atoms with Crippen molar-refractivity contribution < 1.29 is 13.2 Å². The second kappa shape index (κ2) is 12.5. The number of benzene rings is 1. The number of halogens is 2. The van der Waals surface area contributed by atoms with Gasteiger partial charge in [0.25, 0.3) is 0 Å². The first-order chi connectivity index (χ1) is 15.3. The molecule has 1 aromatic rings. The zero-order chi connectivity index (χ0) is 24.8. The van der Waals surface area contributed by atoms with E-state index in [2.05, 4.69) is 64.4 Å². The van der Waals surface area contributed by atoms with Gasteiger partial charge in [-0.05, 0) is 74.4 Å². The Morgan fingerprint density at radius 3 is 2.33 bits per heavy atom. The van der Waals surface area contributed by atoms with Crippen molar-refractivity contribution in [3.8, 4) is 0 Å². The number of hydrogen-bond acceptors (Lipinski definition) is 4. The van der Waals surface area contributed by atoms with Crippen molar-refractivity contribution in [1.29, 1.82) is 0 Å². The van der Waals surface area contributed by atoms with E-state index in [1.807, 2.05) is 12.1 Å². The van der Waals surface area contributed by atoms with E-state index >= 15 is 0 Å². The summed E-state index contributed by atoms with van der Waals surface area (Å²) in [6.07, 6.45) is 2.41. The fourth-order valence-corrected chi connectivity index (χ4v) is 5.70. The molecule has 33 heavy (non-hydrogen) atoms.